The Bertz CT molecular complexity index is 489. The molecular formula is C15H19NO4. The van der Waals surface area contributed by atoms with Crippen LogP contribution in [0.15, 0.2) is 24.3 Å². The first-order valence-corrected chi connectivity index (χ1v) is 6.60. The molecule has 1 aromatic carbocycles. The van der Waals surface area contributed by atoms with Crippen LogP contribution in [0.3, 0.4) is 0 Å². The minimum absolute atomic E-state index is 0.114. The quantitative estimate of drug-likeness (QED) is 0.777. The minimum Gasteiger partial charge on any atom is -0.480 e. The first-order chi connectivity index (χ1) is 9.52. The summed E-state index contributed by atoms with van der Waals surface area (Å²) < 4.78 is 10.3. The van der Waals surface area contributed by atoms with Gasteiger partial charge in [0.2, 0.25) is 0 Å². The molecule has 5 heteroatoms. The van der Waals surface area contributed by atoms with E-state index in [4.69, 9.17) is 4.74 Å². The number of para-hydroxylation sites is 1. The molecule has 0 aliphatic carbocycles. The number of hydrogen-bond donors (Lipinski definition) is 0. The Hall–Kier alpha value is -2.04. The number of hydrogen-bond acceptors (Lipinski definition) is 4. The molecule has 0 saturated carbocycles. The van der Waals surface area contributed by atoms with Gasteiger partial charge < -0.3 is 14.4 Å². The van der Waals surface area contributed by atoms with Crippen LogP contribution in [0.5, 0.6) is 5.75 Å². The molecule has 5 nitrogen and oxygen atoms in total. The molecule has 2 rings (SSSR count). The number of methoxy groups -OCH3 is 1. The highest BCUT2D eigenvalue weighted by atomic mass is 16.5. The van der Waals surface area contributed by atoms with Gasteiger partial charge in [-0.25, -0.2) is 0 Å². The zero-order valence-electron chi connectivity index (χ0n) is 12.0. The Balaban J connectivity index is 1.94. The summed E-state index contributed by atoms with van der Waals surface area (Å²) in [5.74, 6) is -0.0183. The lowest BCUT2D eigenvalue weighted by Crippen LogP contribution is -2.42. The van der Waals surface area contributed by atoms with E-state index >= 15 is 0 Å². The van der Waals surface area contributed by atoms with Gasteiger partial charge in [-0.3, -0.25) is 9.59 Å². The highest BCUT2D eigenvalue weighted by Gasteiger charge is 2.32. The van der Waals surface area contributed by atoms with Crippen molar-refractivity contribution in [2.45, 2.75) is 19.4 Å². The zero-order chi connectivity index (χ0) is 14.7. The molecule has 0 spiro atoms. The Morgan fingerprint density at radius 2 is 2.15 bits per heavy atom. The van der Waals surface area contributed by atoms with Gasteiger partial charge in [0, 0.05) is 20.0 Å². The molecule has 0 N–H and O–H groups in total. The van der Waals surface area contributed by atoms with Crippen molar-refractivity contribution in [3.05, 3.63) is 29.8 Å². The number of amides is 1. The molecule has 0 aromatic heterocycles. The van der Waals surface area contributed by atoms with Crippen LogP contribution >= 0.6 is 0 Å². The monoisotopic (exact) mass is 277 g/mol. The number of ether oxygens (including phenoxy) is 2. The molecule has 1 aliphatic heterocycles. The van der Waals surface area contributed by atoms with Crippen LogP contribution in [-0.2, 0) is 20.7 Å². The third-order valence-corrected chi connectivity index (χ3v) is 3.45. The van der Waals surface area contributed by atoms with E-state index in [9.17, 15) is 9.59 Å². The molecule has 0 saturated heterocycles. The van der Waals surface area contributed by atoms with Crippen molar-refractivity contribution in [1.82, 2.24) is 4.90 Å². The molecule has 1 aliphatic rings. The van der Waals surface area contributed by atoms with Gasteiger partial charge in [0.1, 0.15) is 5.75 Å². The molecular weight excluding hydrogens is 258 g/mol. The summed E-state index contributed by atoms with van der Waals surface area (Å²) in [6, 6.07) is 7.63. The van der Waals surface area contributed by atoms with E-state index in [2.05, 4.69) is 4.74 Å². The molecule has 20 heavy (non-hydrogen) atoms. The Morgan fingerprint density at radius 1 is 1.45 bits per heavy atom. The molecule has 1 aromatic rings. The molecule has 1 heterocycles. The number of esters is 1. The summed E-state index contributed by atoms with van der Waals surface area (Å²) in [6.45, 7) is 2.06. The van der Waals surface area contributed by atoms with Crippen molar-refractivity contribution in [2.75, 3.05) is 20.7 Å². The molecule has 0 bridgehead atoms. The predicted molar refractivity (Wildman–Crippen MR) is 73.4 cm³/mol. The first-order valence-electron chi connectivity index (χ1n) is 6.60. The van der Waals surface area contributed by atoms with Crippen molar-refractivity contribution < 1.29 is 19.1 Å². The second kappa shape index (κ2) is 5.94. The second-order valence-corrected chi connectivity index (χ2v) is 5.06. The molecule has 0 fully saturated rings. The predicted octanol–water partition coefficient (Wildman–Crippen LogP) is 1.26. The SMILES string of the molecule is COC(=O)C(C)CN(C)C(=O)C1Cc2ccccc2O1. The van der Waals surface area contributed by atoms with Gasteiger partial charge >= 0.3 is 5.97 Å². The maximum absolute atomic E-state index is 12.3. The number of likely N-dealkylation sites (N-methyl/N-ethyl adjacent to an activating group) is 1. The fourth-order valence-corrected chi connectivity index (χ4v) is 2.34. The maximum atomic E-state index is 12.3. The van der Waals surface area contributed by atoms with Crippen molar-refractivity contribution in [3.8, 4) is 5.75 Å². The standard InChI is InChI=1S/C15H19NO4/c1-10(15(18)19-3)9-16(2)14(17)13-8-11-6-4-5-7-12(11)20-13/h4-7,10,13H,8-9H2,1-3H3. The normalized spacial score (nSPS) is 17.9. The van der Waals surface area contributed by atoms with E-state index < -0.39 is 6.10 Å². The lowest BCUT2D eigenvalue weighted by molar-refractivity contribution is -0.147. The second-order valence-electron chi connectivity index (χ2n) is 5.06. The molecule has 0 radical (unpaired) electrons. The van der Waals surface area contributed by atoms with Crippen LogP contribution < -0.4 is 4.74 Å². The fourth-order valence-electron chi connectivity index (χ4n) is 2.34. The average Bonchev–Trinajstić information content (AvgIpc) is 2.89. The Labute approximate surface area is 118 Å². The number of fused-ring (bicyclic) bond motifs is 1. The van der Waals surface area contributed by atoms with E-state index in [0.717, 1.165) is 11.3 Å². The van der Waals surface area contributed by atoms with Crippen LogP contribution in [-0.4, -0.2) is 43.6 Å². The number of nitrogens with zero attached hydrogens (tertiary/aromatic N) is 1. The van der Waals surface area contributed by atoms with Crippen LogP contribution in [0.2, 0.25) is 0 Å². The van der Waals surface area contributed by atoms with Crippen molar-refractivity contribution in [1.29, 1.82) is 0 Å². The third kappa shape index (κ3) is 2.92. The number of rotatable bonds is 4. The van der Waals surface area contributed by atoms with E-state index in [1.165, 1.54) is 12.0 Å². The van der Waals surface area contributed by atoms with E-state index in [0.29, 0.717) is 13.0 Å². The molecule has 108 valence electrons. The zero-order valence-corrected chi connectivity index (χ0v) is 12.0. The topological polar surface area (TPSA) is 55.8 Å². The van der Waals surface area contributed by atoms with Gasteiger partial charge in [-0.15, -0.1) is 0 Å². The van der Waals surface area contributed by atoms with Gasteiger partial charge in [-0.2, -0.15) is 0 Å². The third-order valence-electron chi connectivity index (χ3n) is 3.45. The number of carbonyl (C=O) groups excluding carboxylic acids is 2. The minimum atomic E-state index is -0.498. The summed E-state index contributed by atoms with van der Waals surface area (Å²) in [4.78, 5) is 25.2. The fraction of sp³-hybridized carbons (Fsp3) is 0.467. The van der Waals surface area contributed by atoms with Crippen LogP contribution in [0.4, 0.5) is 0 Å². The van der Waals surface area contributed by atoms with Gasteiger partial charge in [0.25, 0.3) is 5.91 Å². The smallest absolute Gasteiger partial charge is 0.310 e. The maximum Gasteiger partial charge on any atom is 0.310 e. The van der Waals surface area contributed by atoms with E-state index in [1.54, 1.807) is 14.0 Å². The summed E-state index contributed by atoms with van der Waals surface area (Å²) in [7, 11) is 3.02. The molecule has 2 unspecified atom stereocenters. The summed E-state index contributed by atoms with van der Waals surface area (Å²) in [5, 5.41) is 0. The average molecular weight is 277 g/mol. The van der Waals surface area contributed by atoms with Crippen molar-refractivity contribution >= 4 is 11.9 Å². The van der Waals surface area contributed by atoms with E-state index in [-0.39, 0.29) is 17.8 Å². The Morgan fingerprint density at radius 3 is 2.80 bits per heavy atom. The molecule has 2 atom stereocenters. The van der Waals surface area contributed by atoms with Crippen LogP contribution in [0.25, 0.3) is 0 Å². The number of benzene rings is 1. The van der Waals surface area contributed by atoms with Gasteiger partial charge in [0.15, 0.2) is 6.10 Å². The highest BCUT2D eigenvalue weighted by molar-refractivity contribution is 5.83. The summed E-state index contributed by atoms with van der Waals surface area (Å²) >= 11 is 0. The van der Waals surface area contributed by atoms with Gasteiger partial charge in [-0.05, 0) is 11.6 Å². The van der Waals surface area contributed by atoms with E-state index in [1.807, 2.05) is 24.3 Å². The summed E-state index contributed by atoms with van der Waals surface area (Å²) in [5.41, 5.74) is 1.04. The first kappa shape index (κ1) is 14.4. The van der Waals surface area contributed by atoms with Crippen LogP contribution in [0.1, 0.15) is 12.5 Å². The summed E-state index contributed by atoms with van der Waals surface area (Å²) in [6.07, 6.45) is 0.0774. The van der Waals surface area contributed by atoms with Crippen LogP contribution in [0, 0.1) is 5.92 Å². The lowest BCUT2D eigenvalue weighted by atomic mass is 10.1. The van der Waals surface area contributed by atoms with Gasteiger partial charge in [0.05, 0.1) is 13.0 Å². The van der Waals surface area contributed by atoms with Gasteiger partial charge in [-0.1, -0.05) is 25.1 Å². The number of carbonyl (C=O) groups is 2. The largest absolute Gasteiger partial charge is 0.480 e. The van der Waals surface area contributed by atoms with Crippen molar-refractivity contribution in [2.24, 2.45) is 5.92 Å². The molecule has 1 amide bonds. The van der Waals surface area contributed by atoms with Crippen molar-refractivity contribution in [3.63, 3.8) is 0 Å². The lowest BCUT2D eigenvalue weighted by Gasteiger charge is -2.23. The Kier molecular flexibility index (Phi) is 4.27. The highest BCUT2D eigenvalue weighted by Crippen LogP contribution is 2.28.